The van der Waals surface area contributed by atoms with E-state index >= 15 is 0 Å². The minimum atomic E-state index is -0.524. The summed E-state index contributed by atoms with van der Waals surface area (Å²) in [6, 6.07) is 8.67. The molecule has 0 spiro atoms. The Morgan fingerprint density at radius 3 is 2.70 bits per heavy atom. The van der Waals surface area contributed by atoms with Crippen LogP contribution in [-0.2, 0) is 11.3 Å². The molecular formula is C14H10BrClFNO2. The first-order valence-corrected chi connectivity index (χ1v) is 6.80. The van der Waals surface area contributed by atoms with Crippen LogP contribution in [0, 0.1) is 5.82 Å². The number of benzene rings is 2. The van der Waals surface area contributed by atoms with E-state index in [0.29, 0.717) is 21.3 Å². The van der Waals surface area contributed by atoms with E-state index in [1.165, 1.54) is 24.3 Å². The third-order valence-corrected chi connectivity index (χ3v) is 3.68. The van der Waals surface area contributed by atoms with Crippen molar-refractivity contribution in [3.8, 4) is 0 Å². The van der Waals surface area contributed by atoms with Crippen molar-refractivity contribution >= 4 is 39.2 Å². The summed E-state index contributed by atoms with van der Waals surface area (Å²) in [4.78, 5) is 11.8. The van der Waals surface area contributed by atoms with Crippen LogP contribution in [0.15, 0.2) is 40.9 Å². The Morgan fingerprint density at radius 2 is 2.05 bits per heavy atom. The number of halogens is 3. The van der Waals surface area contributed by atoms with Gasteiger partial charge in [0, 0.05) is 15.7 Å². The lowest BCUT2D eigenvalue weighted by molar-refractivity contribution is 0.0473. The number of rotatable bonds is 3. The molecule has 0 unspecified atom stereocenters. The highest BCUT2D eigenvalue weighted by molar-refractivity contribution is 9.10. The summed E-state index contributed by atoms with van der Waals surface area (Å²) in [5.74, 6) is -0.963. The van der Waals surface area contributed by atoms with Crippen LogP contribution in [0.4, 0.5) is 10.1 Å². The van der Waals surface area contributed by atoms with Gasteiger partial charge in [-0.1, -0.05) is 17.7 Å². The van der Waals surface area contributed by atoms with E-state index in [9.17, 15) is 9.18 Å². The van der Waals surface area contributed by atoms with E-state index < -0.39 is 11.8 Å². The van der Waals surface area contributed by atoms with Gasteiger partial charge in [0.25, 0.3) is 0 Å². The molecule has 2 aromatic carbocycles. The van der Waals surface area contributed by atoms with Gasteiger partial charge in [-0.15, -0.1) is 0 Å². The van der Waals surface area contributed by atoms with E-state index in [4.69, 9.17) is 22.1 Å². The predicted octanol–water partition coefficient (Wildman–Crippen LogP) is 4.18. The lowest BCUT2D eigenvalue weighted by Crippen LogP contribution is -2.06. The Morgan fingerprint density at radius 1 is 1.30 bits per heavy atom. The summed E-state index contributed by atoms with van der Waals surface area (Å²) >= 11 is 9.09. The zero-order valence-corrected chi connectivity index (χ0v) is 12.5. The molecule has 2 rings (SSSR count). The van der Waals surface area contributed by atoms with E-state index in [1.54, 1.807) is 12.1 Å². The molecule has 0 atom stereocenters. The molecule has 0 aliphatic heterocycles. The van der Waals surface area contributed by atoms with Gasteiger partial charge in [-0.25, -0.2) is 9.18 Å². The molecule has 0 radical (unpaired) electrons. The Labute approximate surface area is 128 Å². The lowest BCUT2D eigenvalue weighted by atomic mass is 10.2. The smallest absolute Gasteiger partial charge is 0.338 e. The standard InChI is InChI=1S/C14H10BrClFNO2/c15-11-4-2-8(5-13(11)18)14(19)20-7-9-1-3-10(17)6-12(9)16/h1-6H,7,18H2. The van der Waals surface area contributed by atoms with Crippen molar-refractivity contribution in [2.45, 2.75) is 6.61 Å². The van der Waals surface area contributed by atoms with Crippen LogP contribution < -0.4 is 5.73 Å². The van der Waals surface area contributed by atoms with E-state index in [0.717, 1.165) is 0 Å². The number of ether oxygens (including phenoxy) is 1. The average molecular weight is 359 g/mol. The maximum atomic E-state index is 12.9. The van der Waals surface area contributed by atoms with E-state index in [1.807, 2.05) is 0 Å². The molecule has 0 saturated carbocycles. The van der Waals surface area contributed by atoms with Crippen molar-refractivity contribution in [2.24, 2.45) is 0 Å². The maximum Gasteiger partial charge on any atom is 0.338 e. The Bertz CT molecular complexity index is 664. The maximum absolute atomic E-state index is 12.9. The number of hydrogen-bond acceptors (Lipinski definition) is 3. The topological polar surface area (TPSA) is 52.3 Å². The van der Waals surface area contributed by atoms with Gasteiger partial charge in [-0.2, -0.15) is 0 Å². The molecule has 0 aromatic heterocycles. The van der Waals surface area contributed by atoms with Gasteiger partial charge in [-0.3, -0.25) is 0 Å². The van der Waals surface area contributed by atoms with E-state index in [-0.39, 0.29) is 11.6 Å². The van der Waals surface area contributed by atoms with Crippen molar-refractivity contribution < 1.29 is 13.9 Å². The molecule has 0 fully saturated rings. The zero-order valence-electron chi connectivity index (χ0n) is 10.2. The van der Waals surface area contributed by atoms with Crippen LogP contribution >= 0.6 is 27.5 Å². The molecule has 2 aromatic rings. The third-order valence-electron chi connectivity index (χ3n) is 2.61. The summed E-state index contributed by atoms with van der Waals surface area (Å²) in [6.45, 7) is -0.0338. The molecule has 2 N–H and O–H groups in total. The van der Waals surface area contributed by atoms with Crippen molar-refractivity contribution in [1.82, 2.24) is 0 Å². The lowest BCUT2D eigenvalue weighted by Gasteiger charge is -2.07. The number of nitrogen functional groups attached to an aromatic ring is 1. The van der Waals surface area contributed by atoms with Crippen LogP contribution in [0.25, 0.3) is 0 Å². The van der Waals surface area contributed by atoms with Crippen LogP contribution in [0.5, 0.6) is 0 Å². The van der Waals surface area contributed by atoms with Gasteiger partial charge in [0.15, 0.2) is 0 Å². The number of esters is 1. The molecule has 0 heterocycles. The number of hydrogen-bond donors (Lipinski definition) is 1. The molecule has 104 valence electrons. The summed E-state index contributed by atoms with van der Waals surface area (Å²) < 4.78 is 18.7. The number of nitrogens with two attached hydrogens (primary N) is 1. The summed E-state index contributed by atoms with van der Waals surface area (Å²) in [7, 11) is 0. The van der Waals surface area contributed by atoms with Crippen LogP contribution in [0.3, 0.4) is 0 Å². The molecule has 0 aliphatic carbocycles. The van der Waals surface area contributed by atoms with Crippen LogP contribution in [0.1, 0.15) is 15.9 Å². The van der Waals surface area contributed by atoms with Gasteiger partial charge < -0.3 is 10.5 Å². The molecule has 0 aliphatic rings. The first kappa shape index (κ1) is 14.8. The van der Waals surface area contributed by atoms with Gasteiger partial charge in [0.1, 0.15) is 12.4 Å². The molecule has 3 nitrogen and oxygen atoms in total. The highest BCUT2D eigenvalue weighted by Crippen LogP contribution is 2.22. The molecular weight excluding hydrogens is 349 g/mol. The molecule has 0 amide bonds. The van der Waals surface area contributed by atoms with Crippen LogP contribution in [0.2, 0.25) is 5.02 Å². The Kier molecular flexibility index (Phi) is 4.62. The minimum absolute atomic E-state index is 0.0338. The third kappa shape index (κ3) is 3.49. The van der Waals surface area contributed by atoms with Crippen molar-refractivity contribution in [1.29, 1.82) is 0 Å². The van der Waals surface area contributed by atoms with Crippen molar-refractivity contribution in [3.63, 3.8) is 0 Å². The summed E-state index contributed by atoms with van der Waals surface area (Å²) in [5, 5.41) is 0.216. The Hall–Kier alpha value is -1.59. The fourth-order valence-electron chi connectivity index (χ4n) is 1.54. The van der Waals surface area contributed by atoms with Gasteiger partial charge in [0.2, 0.25) is 0 Å². The predicted molar refractivity (Wildman–Crippen MR) is 79.1 cm³/mol. The normalized spacial score (nSPS) is 10.3. The minimum Gasteiger partial charge on any atom is -0.457 e. The largest absolute Gasteiger partial charge is 0.457 e. The molecule has 6 heteroatoms. The molecule has 0 saturated heterocycles. The fraction of sp³-hybridized carbons (Fsp3) is 0.0714. The number of carbonyl (C=O) groups excluding carboxylic acids is 1. The van der Waals surface area contributed by atoms with Crippen molar-refractivity contribution in [3.05, 3.63) is 62.8 Å². The highest BCUT2D eigenvalue weighted by atomic mass is 79.9. The Balaban J connectivity index is 2.06. The zero-order chi connectivity index (χ0) is 14.7. The van der Waals surface area contributed by atoms with Gasteiger partial charge >= 0.3 is 5.97 Å². The average Bonchev–Trinajstić information content (AvgIpc) is 2.40. The van der Waals surface area contributed by atoms with E-state index in [2.05, 4.69) is 15.9 Å². The van der Waals surface area contributed by atoms with Crippen molar-refractivity contribution in [2.75, 3.05) is 5.73 Å². The SMILES string of the molecule is Nc1cc(C(=O)OCc2ccc(F)cc2Cl)ccc1Br. The monoisotopic (exact) mass is 357 g/mol. The summed E-state index contributed by atoms with van der Waals surface area (Å²) in [6.07, 6.45) is 0. The van der Waals surface area contributed by atoms with Gasteiger partial charge in [0.05, 0.1) is 10.6 Å². The first-order chi connectivity index (χ1) is 9.47. The number of carbonyl (C=O) groups is 1. The van der Waals surface area contributed by atoms with Gasteiger partial charge in [-0.05, 0) is 46.3 Å². The van der Waals surface area contributed by atoms with Crippen LogP contribution in [-0.4, -0.2) is 5.97 Å². The second-order valence-electron chi connectivity index (χ2n) is 4.05. The highest BCUT2D eigenvalue weighted by Gasteiger charge is 2.10. The molecule has 20 heavy (non-hydrogen) atoms. The first-order valence-electron chi connectivity index (χ1n) is 5.63. The summed E-state index contributed by atoms with van der Waals surface area (Å²) in [5.41, 5.74) is 7.00. The molecule has 0 bridgehead atoms. The number of anilines is 1. The quantitative estimate of drug-likeness (QED) is 0.661. The second kappa shape index (κ2) is 6.24. The fourth-order valence-corrected chi connectivity index (χ4v) is 2.00. The second-order valence-corrected chi connectivity index (χ2v) is 5.31.